The monoisotopic (exact) mass is 245 g/mol. The Morgan fingerprint density at radius 2 is 2.06 bits per heavy atom. The Labute approximate surface area is 93.8 Å². The molecule has 17 heavy (non-hydrogen) atoms. The number of aromatic hydroxyl groups is 1. The van der Waals surface area contributed by atoms with Crippen LogP contribution in [0.25, 0.3) is 0 Å². The van der Waals surface area contributed by atoms with Crippen LogP contribution in [0.4, 0.5) is 13.2 Å². The van der Waals surface area contributed by atoms with E-state index in [0.29, 0.717) is 0 Å². The molecule has 0 heterocycles. The predicted molar refractivity (Wildman–Crippen MR) is 49.2 cm³/mol. The van der Waals surface area contributed by atoms with Crippen LogP contribution in [0.1, 0.15) is 21.5 Å². The van der Waals surface area contributed by atoms with E-state index in [2.05, 4.69) is 4.74 Å². The SMILES string of the molecule is COC(=O)c1c(O)ccc(C#N)c1C(F)(F)F. The Hall–Kier alpha value is -2.23. The number of carbonyl (C=O) groups is 1. The average molecular weight is 245 g/mol. The Morgan fingerprint density at radius 3 is 2.47 bits per heavy atom. The molecule has 0 saturated carbocycles. The van der Waals surface area contributed by atoms with Crippen molar-refractivity contribution in [3.63, 3.8) is 0 Å². The minimum Gasteiger partial charge on any atom is -0.507 e. The van der Waals surface area contributed by atoms with Crippen LogP contribution in [0.5, 0.6) is 5.75 Å². The van der Waals surface area contributed by atoms with Crippen molar-refractivity contribution < 1.29 is 27.8 Å². The van der Waals surface area contributed by atoms with Gasteiger partial charge in [-0.25, -0.2) is 4.79 Å². The molecule has 90 valence electrons. The van der Waals surface area contributed by atoms with Gasteiger partial charge in [-0.2, -0.15) is 18.4 Å². The molecule has 1 rings (SSSR count). The maximum Gasteiger partial charge on any atom is 0.418 e. The highest BCUT2D eigenvalue weighted by molar-refractivity contribution is 5.95. The standard InChI is InChI=1S/C10H6F3NO3/c1-17-9(16)7-6(15)3-2-5(4-14)8(7)10(11,12)13/h2-3,15H,1H3. The van der Waals surface area contributed by atoms with Crippen molar-refractivity contribution in [3.05, 3.63) is 28.8 Å². The molecule has 0 radical (unpaired) electrons. The first kappa shape index (κ1) is 12.8. The molecule has 1 aromatic carbocycles. The van der Waals surface area contributed by atoms with Crippen LogP contribution in [-0.4, -0.2) is 18.2 Å². The van der Waals surface area contributed by atoms with Crippen molar-refractivity contribution in [2.24, 2.45) is 0 Å². The average Bonchev–Trinajstić information content (AvgIpc) is 2.26. The predicted octanol–water partition coefficient (Wildman–Crippen LogP) is 2.07. The zero-order valence-electron chi connectivity index (χ0n) is 8.50. The maximum atomic E-state index is 12.7. The molecule has 0 amide bonds. The number of hydrogen-bond acceptors (Lipinski definition) is 4. The summed E-state index contributed by atoms with van der Waals surface area (Å²) >= 11 is 0. The molecular formula is C10H6F3NO3. The van der Waals surface area contributed by atoms with Gasteiger partial charge in [-0.05, 0) is 12.1 Å². The number of hydrogen-bond donors (Lipinski definition) is 1. The van der Waals surface area contributed by atoms with Crippen molar-refractivity contribution in [2.75, 3.05) is 7.11 Å². The highest BCUT2D eigenvalue weighted by atomic mass is 19.4. The molecule has 0 saturated heterocycles. The summed E-state index contributed by atoms with van der Waals surface area (Å²) in [5.74, 6) is -2.24. The quantitative estimate of drug-likeness (QED) is 0.769. The molecule has 0 aromatic heterocycles. The summed E-state index contributed by atoms with van der Waals surface area (Å²) in [5, 5.41) is 17.8. The zero-order valence-corrected chi connectivity index (χ0v) is 8.50. The van der Waals surface area contributed by atoms with Gasteiger partial charge in [0.15, 0.2) is 0 Å². The lowest BCUT2D eigenvalue weighted by Gasteiger charge is -2.13. The number of esters is 1. The zero-order chi connectivity index (χ0) is 13.2. The summed E-state index contributed by atoms with van der Waals surface area (Å²) in [7, 11) is 0.876. The van der Waals surface area contributed by atoms with Gasteiger partial charge in [0.2, 0.25) is 0 Å². The van der Waals surface area contributed by atoms with Gasteiger partial charge in [-0.1, -0.05) is 0 Å². The van der Waals surface area contributed by atoms with E-state index in [-0.39, 0.29) is 0 Å². The first-order valence-corrected chi connectivity index (χ1v) is 4.24. The Bertz CT molecular complexity index is 503. The summed E-state index contributed by atoms with van der Waals surface area (Å²) in [4.78, 5) is 11.2. The molecule has 7 heteroatoms. The third-order valence-corrected chi connectivity index (χ3v) is 1.98. The fourth-order valence-corrected chi connectivity index (χ4v) is 1.29. The highest BCUT2D eigenvalue weighted by Gasteiger charge is 2.40. The van der Waals surface area contributed by atoms with E-state index < -0.39 is 34.6 Å². The molecule has 1 aromatic rings. The molecule has 0 unspecified atom stereocenters. The number of halogens is 3. The Morgan fingerprint density at radius 1 is 1.47 bits per heavy atom. The molecule has 4 nitrogen and oxygen atoms in total. The largest absolute Gasteiger partial charge is 0.507 e. The van der Waals surface area contributed by atoms with Gasteiger partial charge in [-0.3, -0.25) is 0 Å². The highest BCUT2D eigenvalue weighted by Crippen LogP contribution is 2.38. The van der Waals surface area contributed by atoms with Gasteiger partial charge in [0.25, 0.3) is 0 Å². The summed E-state index contributed by atoms with van der Waals surface area (Å²) in [6, 6.07) is 2.93. The maximum absolute atomic E-state index is 12.7. The topological polar surface area (TPSA) is 70.3 Å². The van der Waals surface area contributed by atoms with E-state index >= 15 is 0 Å². The van der Waals surface area contributed by atoms with Crippen LogP contribution in [0.15, 0.2) is 12.1 Å². The molecule has 1 N–H and O–H groups in total. The second-order valence-electron chi connectivity index (χ2n) is 2.98. The van der Waals surface area contributed by atoms with Crippen molar-refractivity contribution >= 4 is 5.97 Å². The number of nitriles is 1. The number of carbonyl (C=O) groups excluding carboxylic acids is 1. The molecule has 0 aliphatic heterocycles. The lowest BCUT2D eigenvalue weighted by atomic mass is 10.00. The summed E-state index contributed by atoms with van der Waals surface area (Å²) < 4.78 is 42.3. The van der Waals surface area contributed by atoms with Crippen molar-refractivity contribution in [1.82, 2.24) is 0 Å². The Balaban J connectivity index is 3.68. The van der Waals surface area contributed by atoms with Gasteiger partial charge in [0.05, 0.1) is 24.3 Å². The number of nitrogens with zero attached hydrogens (tertiary/aromatic N) is 1. The smallest absolute Gasteiger partial charge is 0.418 e. The first-order chi connectivity index (χ1) is 7.82. The summed E-state index contributed by atoms with van der Waals surface area (Å²) in [5.41, 5.74) is -3.30. The molecule has 0 bridgehead atoms. The normalized spacial score (nSPS) is 10.8. The second kappa shape index (κ2) is 4.33. The van der Waals surface area contributed by atoms with E-state index in [9.17, 15) is 23.1 Å². The first-order valence-electron chi connectivity index (χ1n) is 4.24. The lowest BCUT2D eigenvalue weighted by Crippen LogP contribution is -2.16. The molecule has 0 spiro atoms. The Kier molecular flexibility index (Phi) is 3.27. The van der Waals surface area contributed by atoms with E-state index in [1.807, 2.05) is 0 Å². The molecule has 0 atom stereocenters. The minimum atomic E-state index is -4.94. The second-order valence-corrected chi connectivity index (χ2v) is 2.98. The summed E-state index contributed by atoms with van der Waals surface area (Å²) in [6.45, 7) is 0. The van der Waals surface area contributed by atoms with Crippen LogP contribution < -0.4 is 0 Å². The van der Waals surface area contributed by atoms with E-state index in [1.165, 1.54) is 6.07 Å². The number of phenolic OH excluding ortho intramolecular Hbond substituents is 1. The molecular weight excluding hydrogens is 239 g/mol. The van der Waals surface area contributed by atoms with Gasteiger partial charge < -0.3 is 9.84 Å². The van der Waals surface area contributed by atoms with E-state index in [4.69, 9.17) is 5.26 Å². The van der Waals surface area contributed by atoms with Crippen LogP contribution in [0.3, 0.4) is 0 Å². The number of benzene rings is 1. The van der Waals surface area contributed by atoms with Crippen molar-refractivity contribution in [1.29, 1.82) is 5.26 Å². The lowest BCUT2D eigenvalue weighted by molar-refractivity contribution is -0.138. The van der Waals surface area contributed by atoms with Gasteiger partial charge in [0.1, 0.15) is 11.3 Å². The van der Waals surface area contributed by atoms with E-state index in [0.717, 1.165) is 19.2 Å². The van der Waals surface area contributed by atoms with Gasteiger partial charge in [-0.15, -0.1) is 0 Å². The number of alkyl halides is 3. The van der Waals surface area contributed by atoms with Crippen molar-refractivity contribution in [2.45, 2.75) is 6.18 Å². The molecule has 0 aliphatic carbocycles. The van der Waals surface area contributed by atoms with Gasteiger partial charge >= 0.3 is 12.1 Å². The fourth-order valence-electron chi connectivity index (χ4n) is 1.29. The third kappa shape index (κ3) is 2.30. The van der Waals surface area contributed by atoms with Crippen molar-refractivity contribution in [3.8, 4) is 11.8 Å². The molecule has 0 aliphatic rings. The fraction of sp³-hybridized carbons (Fsp3) is 0.200. The minimum absolute atomic E-state index is 0.754. The summed E-state index contributed by atoms with van der Waals surface area (Å²) in [6.07, 6.45) is -4.94. The van der Waals surface area contributed by atoms with Crippen LogP contribution in [0.2, 0.25) is 0 Å². The molecule has 0 fully saturated rings. The van der Waals surface area contributed by atoms with Gasteiger partial charge in [0, 0.05) is 0 Å². The van der Waals surface area contributed by atoms with E-state index in [1.54, 1.807) is 0 Å². The number of rotatable bonds is 1. The van der Waals surface area contributed by atoms with Crippen LogP contribution in [-0.2, 0) is 10.9 Å². The third-order valence-electron chi connectivity index (χ3n) is 1.98. The van der Waals surface area contributed by atoms with Crippen LogP contribution in [0, 0.1) is 11.3 Å². The number of phenols is 1. The number of methoxy groups -OCH3 is 1. The van der Waals surface area contributed by atoms with Crippen LogP contribution >= 0.6 is 0 Å². The number of ether oxygens (including phenoxy) is 1.